The van der Waals surface area contributed by atoms with Gasteiger partial charge < -0.3 is 5.73 Å². The highest BCUT2D eigenvalue weighted by atomic mass is 19.1. The zero-order valence-corrected chi connectivity index (χ0v) is 10.2. The van der Waals surface area contributed by atoms with Crippen molar-refractivity contribution in [2.45, 2.75) is 13.0 Å². The summed E-state index contributed by atoms with van der Waals surface area (Å²) < 4.78 is 13.9. The Morgan fingerprint density at radius 1 is 1.11 bits per heavy atom. The van der Waals surface area contributed by atoms with Crippen LogP contribution in [0.5, 0.6) is 0 Å². The maximum Gasteiger partial charge on any atom is 0.128 e. The van der Waals surface area contributed by atoms with Gasteiger partial charge in [-0.1, -0.05) is 35.9 Å². The molecule has 2 aromatic rings. The quantitative estimate of drug-likeness (QED) is 0.441. The van der Waals surface area contributed by atoms with Crippen molar-refractivity contribution in [3.63, 3.8) is 0 Å². The molecule has 0 aromatic heterocycles. The van der Waals surface area contributed by atoms with Gasteiger partial charge >= 0.3 is 0 Å². The van der Waals surface area contributed by atoms with Crippen LogP contribution < -0.4 is 17.0 Å². The summed E-state index contributed by atoms with van der Waals surface area (Å²) in [6.45, 7) is 1.91. The predicted octanol–water partition coefficient (Wildman–Crippen LogP) is 2.27. The minimum Gasteiger partial charge on any atom is -0.398 e. The number of hydrazine groups is 1. The molecule has 2 rings (SSSR count). The number of hydrogen-bond donors (Lipinski definition) is 3. The van der Waals surface area contributed by atoms with E-state index >= 15 is 0 Å². The van der Waals surface area contributed by atoms with Gasteiger partial charge in [0.1, 0.15) is 5.82 Å². The first-order valence-electron chi connectivity index (χ1n) is 5.70. The summed E-state index contributed by atoms with van der Waals surface area (Å²) in [6, 6.07) is 11.8. The fraction of sp³-hybridized carbons (Fsp3) is 0.143. The third-order valence-corrected chi connectivity index (χ3v) is 2.94. The summed E-state index contributed by atoms with van der Waals surface area (Å²) in [5.74, 6) is 5.25. The largest absolute Gasteiger partial charge is 0.398 e. The van der Waals surface area contributed by atoms with E-state index in [-0.39, 0.29) is 5.82 Å². The van der Waals surface area contributed by atoms with E-state index < -0.39 is 6.04 Å². The average molecular weight is 245 g/mol. The molecule has 18 heavy (non-hydrogen) atoms. The number of nitrogen functional groups attached to an aromatic ring is 1. The molecular weight excluding hydrogens is 229 g/mol. The highest BCUT2D eigenvalue weighted by molar-refractivity contribution is 5.51. The van der Waals surface area contributed by atoms with Gasteiger partial charge in [0.2, 0.25) is 0 Å². The van der Waals surface area contributed by atoms with E-state index in [1.54, 1.807) is 18.2 Å². The molecular formula is C14H16FN3. The van der Waals surface area contributed by atoms with Crippen molar-refractivity contribution >= 4 is 5.69 Å². The van der Waals surface area contributed by atoms with E-state index in [9.17, 15) is 4.39 Å². The lowest BCUT2D eigenvalue weighted by molar-refractivity contribution is 0.560. The SMILES string of the molecule is Cc1ccc(F)c(C(NN)c2ccccc2N)c1. The van der Waals surface area contributed by atoms with Gasteiger partial charge in [-0.05, 0) is 24.6 Å². The number of benzene rings is 2. The second-order valence-corrected chi connectivity index (χ2v) is 4.25. The van der Waals surface area contributed by atoms with Crippen molar-refractivity contribution < 1.29 is 4.39 Å². The summed E-state index contributed by atoms with van der Waals surface area (Å²) in [5, 5.41) is 0. The highest BCUT2D eigenvalue weighted by Crippen LogP contribution is 2.28. The van der Waals surface area contributed by atoms with Crippen LogP contribution in [0.2, 0.25) is 0 Å². The van der Waals surface area contributed by atoms with Gasteiger partial charge in [0.25, 0.3) is 0 Å². The van der Waals surface area contributed by atoms with Crippen LogP contribution in [0.15, 0.2) is 42.5 Å². The van der Waals surface area contributed by atoms with E-state index in [0.717, 1.165) is 11.1 Å². The van der Waals surface area contributed by atoms with Crippen molar-refractivity contribution in [1.29, 1.82) is 0 Å². The van der Waals surface area contributed by atoms with Crippen molar-refractivity contribution in [3.8, 4) is 0 Å². The molecule has 0 saturated carbocycles. The second kappa shape index (κ2) is 5.16. The van der Waals surface area contributed by atoms with Gasteiger partial charge in [-0.3, -0.25) is 5.84 Å². The number of nitrogens with two attached hydrogens (primary N) is 2. The van der Waals surface area contributed by atoms with Crippen LogP contribution in [0.25, 0.3) is 0 Å². The lowest BCUT2D eigenvalue weighted by atomic mass is 9.96. The number of hydrogen-bond acceptors (Lipinski definition) is 3. The molecule has 1 unspecified atom stereocenters. The van der Waals surface area contributed by atoms with Crippen molar-refractivity contribution in [1.82, 2.24) is 5.43 Å². The molecule has 0 radical (unpaired) electrons. The Kier molecular flexibility index (Phi) is 3.60. The first kappa shape index (κ1) is 12.5. The Morgan fingerprint density at radius 3 is 2.50 bits per heavy atom. The van der Waals surface area contributed by atoms with Crippen LogP contribution in [-0.4, -0.2) is 0 Å². The molecule has 0 aliphatic rings. The van der Waals surface area contributed by atoms with E-state index in [0.29, 0.717) is 11.3 Å². The topological polar surface area (TPSA) is 64.1 Å². The Morgan fingerprint density at radius 2 is 1.83 bits per heavy atom. The molecule has 0 heterocycles. The molecule has 5 N–H and O–H groups in total. The summed E-state index contributed by atoms with van der Waals surface area (Å²) in [4.78, 5) is 0. The first-order valence-corrected chi connectivity index (χ1v) is 5.70. The first-order chi connectivity index (χ1) is 8.63. The molecule has 3 nitrogen and oxygen atoms in total. The van der Waals surface area contributed by atoms with Crippen LogP contribution in [0.4, 0.5) is 10.1 Å². The van der Waals surface area contributed by atoms with Gasteiger partial charge in [-0.15, -0.1) is 0 Å². The number of aryl methyl sites for hydroxylation is 1. The van der Waals surface area contributed by atoms with Crippen molar-refractivity contribution in [2.75, 3.05) is 5.73 Å². The standard InChI is InChI=1S/C14H16FN3/c1-9-6-7-12(15)11(8-9)14(18-17)10-4-2-3-5-13(10)16/h2-8,14,18H,16-17H2,1H3. The van der Waals surface area contributed by atoms with Gasteiger partial charge in [0, 0.05) is 11.3 Å². The molecule has 0 amide bonds. The van der Waals surface area contributed by atoms with Crippen LogP contribution in [0, 0.1) is 12.7 Å². The number of para-hydroxylation sites is 1. The van der Waals surface area contributed by atoms with Crippen molar-refractivity contribution in [3.05, 3.63) is 65.0 Å². The molecule has 0 spiro atoms. The lowest BCUT2D eigenvalue weighted by Gasteiger charge is -2.19. The number of rotatable bonds is 3. The number of nitrogens with one attached hydrogen (secondary N) is 1. The summed E-state index contributed by atoms with van der Waals surface area (Å²) >= 11 is 0. The third-order valence-electron chi connectivity index (χ3n) is 2.94. The average Bonchev–Trinajstić information content (AvgIpc) is 2.36. The molecule has 0 aliphatic heterocycles. The monoisotopic (exact) mass is 245 g/mol. The number of anilines is 1. The maximum atomic E-state index is 13.9. The van der Waals surface area contributed by atoms with Crippen LogP contribution in [0.1, 0.15) is 22.7 Å². The minimum absolute atomic E-state index is 0.299. The van der Waals surface area contributed by atoms with Crippen molar-refractivity contribution in [2.24, 2.45) is 5.84 Å². The molecule has 0 fully saturated rings. The van der Waals surface area contributed by atoms with Gasteiger partial charge in [-0.2, -0.15) is 0 Å². The molecule has 0 saturated heterocycles. The highest BCUT2D eigenvalue weighted by Gasteiger charge is 2.18. The van der Waals surface area contributed by atoms with E-state index in [1.807, 2.05) is 25.1 Å². The van der Waals surface area contributed by atoms with E-state index in [1.165, 1.54) is 6.07 Å². The fourth-order valence-electron chi connectivity index (χ4n) is 2.01. The fourth-order valence-corrected chi connectivity index (χ4v) is 2.01. The normalized spacial score (nSPS) is 12.4. The molecule has 4 heteroatoms. The van der Waals surface area contributed by atoms with Gasteiger partial charge in [-0.25, -0.2) is 9.82 Å². The van der Waals surface area contributed by atoms with E-state index in [2.05, 4.69) is 5.43 Å². The summed E-state index contributed by atoms with van der Waals surface area (Å²) in [5.41, 5.74) is 11.3. The smallest absolute Gasteiger partial charge is 0.128 e. The maximum absolute atomic E-state index is 13.9. The third kappa shape index (κ3) is 2.34. The van der Waals surface area contributed by atoms with Crippen LogP contribution in [-0.2, 0) is 0 Å². The lowest BCUT2D eigenvalue weighted by Crippen LogP contribution is -2.30. The second-order valence-electron chi connectivity index (χ2n) is 4.25. The number of halogens is 1. The van der Waals surface area contributed by atoms with Crippen LogP contribution in [0.3, 0.4) is 0 Å². The van der Waals surface area contributed by atoms with Crippen LogP contribution >= 0.6 is 0 Å². The molecule has 2 aromatic carbocycles. The molecule has 94 valence electrons. The summed E-state index contributed by atoms with van der Waals surface area (Å²) in [7, 11) is 0. The zero-order valence-electron chi connectivity index (χ0n) is 10.2. The Labute approximate surface area is 106 Å². The van der Waals surface area contributed by atoms with E-state index in [4.69, 9.17) is 11.6 Å². The summed E-state index contributed by atoms with van der Waals surface area (Å²) in [6.07, 6.45) is 0. The Bertz CT molecular complexity index is 554. The molecule has 0 aliphatic carbocycles. The molecule has 1 atom stereocenters. The Hall–Kier alpha value is -1.91. The molecule has 0 bridgehead atoms. The predicted molar refractivity (Wildman–Crippen MR) is 71.2 cm³/mol. The minimum atomic E-state index is -0.453. The van der Waals surface area contributed by atoms with Gasteiger partial charge in [0.15, 0.2) is 0 Å². The Balaban J connectivity index is 2.52. The van der Waals surface area contributed by atoms with Gasteiger partial charge in [0.05, 0.1) is 6.04 Å². The zero-order chi connectivity index (χ0) is 13.1.